The molecular formula is C24H21ClN4OS. The van der Waals surface area contributed by atoms with E-state index in [2.05, 4.69) is 40.6 Å². The molecule has 0 aliphatic heterocycles. The van der Waals surface area contributed by atoms with E-state index in [0.29, 0.717) is 39.5 Å². The molecule has 7 heteroatoms. The first-order valence-electron chi connectivity index (χ1n) is 10.1. The zero-order chi connectivity index (χ0) is 21.6. The van der Waals surface area contributed by atoms with Gasteiger partial charge >= 0.3 is 0 Å². The number of hydrogen-bond donors (Lipinski definition) is 1. The molecular weight excluding hydrogens is 428 g/mol. The van der Waals surface area contributed by atoms with Gasteiger partial charge in [-0.2, -0.15) is 5.26 Å². The number of aromatic nitrogens is 2. The molecule has 0 saturated heterocycles. The number of nitrogens with one attached hydrogen (secondary N) is 1. The van der Waals surface area contributed by atoms with Gasteiger partial charge in [0.2, 0.25) is 5.91 Å². The number of carbonyl (C=O) groups excluding carboxylic acids is 1. The molecule has 0 bridgehead atoms. The molecule has 1 amide bonds. The molecule has 5 nitrogen and oxygen atoms in total. The SMILES string of the molecule is N#Cc1cc2c(nc1SCCC(=O)Nc1ccc(Cl)cn1)CCC(c1ccccc1)C2. The Morgan fingerprint density at radius 3 is 2.84 bits per heavy atom. The molecule has 1 aliphatic carbocycles. The van der Waals surface area contributed by atoms with E-state index in [1.807, 2.05) is 12.1 Å². The lowest BCUT2D eigenvalue weighted by Crippen LogP contribution is -2.15. The maximum absolute atomic E-state index is 12.2. The number of carbonyl (C=O) groups is 1. The monoisotopic (exact) mass is 448 g/mol. The van der Waals surface area contributed by atoms with E-state index in [4.69, 9.17) is 16.6 Å². The first-order valence-corrected chi connectivity index (χ1v) is 11.5. The summed E-state index contributed by atoms with van der Waals surface area (Å²) in [6, 6.07) is 18.1. The minimum absolute atomic E-state index is 0.135. The van der Waals surface area contributed by atoms with Crippen LogP contribution in [0.1, 0.15) is 41.1 Å². The number of pyridine rings is 2. The minimum Gasteiger partial charge on any atom is -0.311 e. The highest BCUT2D eigenvalue weighted by molar-refractivity contribution is 7.99. The highest BCUT2D eigenvalue weighted by Gasteiger charge is 2.23. The molecule has 0 fully saturated rings. The molecule has 0 spiro atoms. The molecule has 1 aromatic carbocycles. The molecule has 1 aliphatic rings. The van der Waals surface area contributed by atoms with Crippen LogP contribution < -0.4 is 5.32 Å². The number of aryl methyl sites for hydroxylation is 1. The van der Waals surface area contributed by atoms with Crippen LogP contribution in [-0.4, -0.2) is 21.6 Å². The van der Waals surface area contributed by atoms with Crippen LogP contribution in [0, 0.1) is 11.3 Å². The molecule has 2 heterocycles. The number of amides is 1. The van der Waals surface area contributed by atoms with Crippen LogP contribution in [0.3, 0.4) is 0 Å². The molecule has 2 aromatic heterocycles. The largest absolute Gasteiger partial charge is 0.311 e. The zero-order valence-electron chi connectivity index (χ0n) is 16.8. The second-order valence-electron chi connectivity index (χ2n) is 7.42. The van der Waals surface area contributed by atoms with Gasteiger partial charge in [0.15, 0.2) is 0 Å². The summed E-state index contributed by atoms with van der Waals surface area (Å²) in [5.74, 6) is 1.33. The fourth-order valence-corrected chi connectivity index (χ4v) is 4.77. The van der Waals surface area contributed by atoms with Crippen LogP contribution in [0.4, 0.5) is 5.82 Å². The smallest absolute Gasteiger partial charge is 0.226 e. The van der Waals surface area contributed by atoms with Crippen LogP contribution in [0.25, 0.3) is 0 Å². The van der Waals surface area contributed by atoms with Gasteiger partial charge in [0.1, 0.15) is 16.9 Å². The van der Waals surface area contributed by atoms with E-state index in [0.717, 1.165) is 30.5 Å². The van der Waals surface area contributed by atoms with Crippen molar-refractivity contribution in [3.8, 4) is 6.07 Å². The lowest BCUT2D eigenvalue weighted by Gasteiger charge is -2.25. The fraction of sp³-hybridized carbons (Fsp3) is 0.250. The predicted octanol–water partition coefficient (Wildman–Crippen LogP) is 5.40. The molecule has 1 unspecified atom stereocenters. The summed E-state index contributed by atoms with van der Waals surface area (Å²) in [7, 11) is 0. The van der Waals surface area contributed by atoms with Crippen molar-refractivity contribution in [1.82, 2.24) is 9.97 Å². The van der Waals surface area contributed by atoms with E-state index in [9.17, 15) is 10.1 Å². The van der Waals surface area contributed by atoms with E-state index < -0.39 is 0 Å². The average Bonchev–Trinajstić information content (AvgIpc) is 2.80. The predicted molar refractivity (Wildman–Crippen MR) is 123 cm³/mol. The van der Waals surface area contributed by atoms with E-state index in [1.165, 1.54) is 23.5 Å². The van der Waals surface area contributed by atoms with Crippen molar-refractivity contribution in [2.45, 2.75) is 36.6 Å². The molecule has 3 aromatic rings. The third kappa shape index (κ3) is 5.43. The van der Waals surface area contributed by atoms with Crippen molar-refractivity contribution < 1.29 is 4.79 Å². The molecule has 1 atom stereocenters. The highest BCUT2D eigenvalue weighted by atomic mass is 35.5. The summed E-state index contributed by atoms with van der Waals surface area (Å²) >= 11 is 7.25. The third-order valence-electron chi connectivity index (χ3n) is 5.31. The summed E-state index contributed by atoms with van der Waals surface area (Å²) in [5, 5.41) is 13.6. The van der Waals surface area contributed by atoms with Gasteiger partial charge in [-0.15, -0.1) is 11.8 Å². The van der Waals surface area contributed by atoms with Crippen LogP contribution >= 0.6 is 23.4 Å². The van der Waals surface area contributed by atoms with E-state index >= 15 is 0 Å². The number of nitriles is 1. The summed E-state index contributed by atoms with van der Waals surface area (Å²) in [5.41, 5.74) is 4.15. The number of thioether (sulfide) groups is 1. The van der Waals surface area contributed by atoms with Gasteiger partial charge < -0.3 is 5.32 Å². The summed E-state index contributed by atoms with van der Waals surface area (Å²) in [6.07, 6.45) is 4.65. The molecule has 0 radical (unpaired) electrons. The molecule has 31 heavy (non-hydrogen) atoms. The molecule has 0 saturated carbocycles. The van der Waals surface area contributed by atoms with Crippen LogP contribution in [0.5, 0.6) is 0 Å². The first-order chi connectivity index (χ1) is 15.1. The van der Waals surface area contributed by atoms with Crippen molar-refractivity contribution >= 4 is 35.1 Å². The third-order valence-corrected chi connectivity index (χ3v) is 6.52. The minimum atomic E-state index is -0.135. The van der Waals surface area contributed by atoms with E-state index in [-0.39, 0.29) is 5.91 Å². The zero-order valence-corrected chi connectivity index (χ0v) is 18.4. The number of nitrogens with zero attached hydrogens (tertiary/aromatic N) is 3. The van der Waals surface area contributed by atoms with Gasteiger partial charge in [0.25, 0.3) is 0 Å². The van der Waals surface area contributed by atoms with Gasteiger partial charge in [0, 0.05) is 24.1 Å². The van der Waals surface area contributed by atoms with Crippen LogP contribution in [0.2, 0.25) is 5.02 Å². The van der Waals surface area contributed by atoms with Crippen molar-refractivity contribution in [2.24, 2.45) is 0 Å². The Kier molecular flexibility index (Phi) is 6.86. The number of anilines is 1. The fourth-order valence-electron chi connectivity index (χ4n) is 3.74. The summed E-state index contributed by atoms with van der Waals surface area (Å²) in [4.78, 5) is 21.0. The van der Waals surface area contributed by atoms with Crippen molar-refractivity contribution in [1.29, 1.82) is 5.26 Å². The number of fused-ring (bicyclic) bond motifs is 1. The van der Waals surface area contributed by atoms with Crippen LogP contribution in [-0.2, 0) is 17.6 Å². The van der Waals surface area contributed by atoms with Gasteiger partial charge in [0.05, 0.1) is 10.6 Å². The Morgan fingerprint density at radius 2 is 2.10 bits per heavy atom. The van der Waals surface area contributed by atoms with Crippen molar-refractivity contribution in [3.05, 3.63) is 82.1 Å². The second kappa shape index (κ2) is 9.95. The van der Waals surface area contributed by atoms with Gasteiger partial charge in [-0.1, -0.05) is 41.9 Å². The Bertz CT molecular complexity index is 1110. The highest BCUT2D eigenvalue weighted by Crippen LogP contribution is 2.34. The topological polar surface area (TPSA) is 78.7 Å². The lowest BCUT2D eigenvalue weighted by molar-refractivity contribution is -0.115. The van der Waals surface area contributed by atoms with E-state index in [1.54, 1.807) is 12.1 Å². The number of benzene rings is 1. The maximum Gasteiger partial charge on any atom is 0.226 e. The van der Waals surface area contributed by atoms with Crippen LogP contribution in [0.15, 0.2) is 59.8 Å². The quantitative estimate of drug-likeness (QED) is 0.511. The molecule has 1 N–H and O–H groups in total. The normalized spacial score (nSPS) is 15.0. The standard InChI is InChI=1S/C24H21ClN4OS/c25-20-7-9-22(27-15-20)29-23(30)10-11-31-24-19(14-26)13-18-12-17(6-8-21(18)28-24)16-4-2-1-3-5-16/h1-5,7,9,13,15,17H,6,8,10-12H2,(H,27,29,30). The van der Waals surface area contributed by atoms with Gasteiger partial charge in [-0.05, 0) is 54.5 Å². The Morgan fingerprint density at radius 1 is 1.26 bits per heavy atom. The van der Waals surface area contributed by atoms with Crippen molar-refractivity contribution in [3.63, 3.8) is 0 Å². The maximum atomic E-state index is 12.2. The summed E-state index contributed by atoms with van der Waals surface area (Å²) in [6.45, 7) is 0. The number of rotatable bonds is 6. The number of hydrogen-bond acceptors (Lipinski definition) is 5. The molecule has 4 rings (SSSR count). The first kappa shape index (κ1) is 21.4. The van der Waals surface area contributed by atoms with Gasteiger partial charge in [-0.25, -0.2) is 9.97 Å². The lowest BCUT2D eigenvalue weighted by atomic mass is 9.82. The average molecular weight is 449 g/mol. The molecule has 156 valence electrons. The second-order valence-corrected chi connectivity index (χ2v) is 8.94. The summed E-state index contributed by atoms with van der Waals surface area (Å²) < 4.78 is 0. The Hall–Kier alpha value is -2.88. The number of halogens is 1. The van der Waals surface area contributed by atoms with Crippen molar-refractivity contribution in [2.75, 3.05) is 11.1 Å². The van der Waals surface area contributed by atoms with Gasteiger partial charge in [-0.3, -0.25) is 4.79 Å². The Labute approximate surface area is 190 Å². The Balaban J connectivity index is 1.38.